The topological polar surface area (TPSA) is 26.3 Å². The van der Waals surface area contributed by atoms with Crippen LogP contribution < -0.4 is 0 Å². The quantitative estimate of drug-likeness (QED) is 0.666. The Morgan fingerprint density at radius 1 is 1.25 bits per heavy atom. The summed E-state index contributed by atoms with van der Waals surface area (Å²) in [5, 5.41) is 0. The molecule has 0 heterocycles. The zero-order valence-corrected chi connectivity index (χ0v) is 7.22. The second kappa shape index (κ2) is 6.69. The molecule has 1 aromatic carbocycles. The van der Waals surface area contributed by atoms with E-state index in [0.29, 0.717) is 4.90 Å². The Morgan fingerprint density at radius 3 is 2.17 bits per heavy atom. The highest BCUT2D eigenvalue weighted by atomic mass is 32.2. The van der Waals surface area contributed by atoms with Crippen LogP contribution in [-0.4, -0.2) is 4.21 Å². The molecular formula is C8H9FO2S. The van der Waals surface area contributed by atoms with Crippen molar-refractivity contribution in [2.45, 2.75) is 4.90 Å². The standard InChI is InChI=1S/C6H5FO2S.C2H4/c7-9-10(8)6-4-2-1-3-5-6;1-2/h1-5H;1-2H2. The van der Waals surface area contributed by atoms with Crippen LogP contribution in [0.1, 0.15) is 0 Å². The molecule has 66 valence electrons. The van der Waals surface area contributed by atoms with E-state index < -0.39 is 11.1 Å². The Balaban J connectivity index is 0.000000561. The van der Waals surface area contributed by atoms with Gasteiger partial charge in [-0.25, -0.2) is 4.21 Å². The van der Waals surface area contributed by atoms with E-state index in [2.05, 4.69) is 17.5 Å². The molecule has 1 aromatic rings. The van der Waals surface area contributed by atoms with Gasteiger partial charge in [-0.2, -0.15) is 0 Å². The number of benzene rings is 1. The van der Waals surface area contributed by atoms with Gasteiger partial charge in [-0.05, 0) is 16.7 Å². The van der Waals surface area contributed by atoms with Gasteiger partial charge in [0.05, 0.1) is 4.90 Å². The molecule has 0 fully saturated rings. The van der Waals surface area contributed by atoms with Crippen LogP contribution in [0.15, 0.2) is 48.4 Å². The van der Waals surface area contributed by atoms with Gasteiger partial charge in [0.1, 0.15) is 0 Å². The molecule has 0 saturated heterocycles. The van der Waals surface area contributed by atoms with Crippen LogP contribution in [0.2, 0.25) is 0 Å². The molecule has 0 spiro atoms. The van der Waals surface area contributed by atoms with Gasteiger partial charge in [-0.1, -0.05) is 22.6 Å². The summed E-state index contributed by atoms with van der Waals surface area (Å²) in [6.07, 6.45) is 0. The largest absolute Gasteiger partial charge is 0.225 e. The average Bonchev–Trinajstić information content (AvgIpc) is 2.21. The highest BCUT2D eigenvalue weighted by Crippen LogP contribution is 2.05. The van der Waals surface area contributed by atoms with Crippen molar-refractivity contribution < 1.29 is 13.1 Å². The predicted molar refractivity (Wildman–Crippen MR) is 46.3 cm³/mol. The molecule has 4 heteroatoms. The lowest BCUT2D eigenvalue weighted by Crippen LogP contribution is -1.88. The van der Waals surface area contributed by atoms with E-state index in [1.807, 2.05) is 0 Å². The van der Waals surface area contributed by atoms with Gasteiger partial charge in [0.15, 0.2) is 0 Å². The maximum atomic E-state index is 11.3. The van der Waals surface area contributed by atoms with E-state index in [0.717, 1.165) is 0 Å². The summed E-state index contributed by atoms with van der Waals surface area (Å²) in [6, 6.07) is 8.11. The fourth-order valence-corrected chi connectivity index (χ4v) is 1.02. The Hall–Kier alpha value is -1.00. The molecule has 0 aliphatic carbocycles. The van der Waals surface area contributed by atoms with Crippen molar-refractivity contribution in [1.29, 1.82) is 0 Å². The molecule has 0 radical (unpaired) electrons. The highest BCUT2D eigenvalue weighted by Gasteiger charge is 2.01. The maximum absolute atomic E-state index is 11.3. The lowest BCUT2D eigenvalue weighted by molar-refractivity contribution is 0.0125. The Labute approximate surface area is 73.2 Å². The van der Waals surface area contributed by atoms with Crippen molar-refractivity contribution in [3.63, 3.8) is 0 Å². The first-order valence-corrected chi connectivity index (χ1v) is 4.18. The third-order valence-electron chi connectivity index (χ3n) is 0.993. The van der Waals surface area contributed by atoms with Gasteiger partial charge in [-0.15, -0.1) is 13.2 Å². The van der Waals surface area contributed by atoms with Crippen LogP contribution in [0.3, 0.4) is 0 Å². The van der Waals surface area contributed by atoms with E-state index >= 15 is 0 Å². The lowest BCUT2D eigenvalue weighted by Gasteiger charge is -1.91. The van der Waals surface area contributed by atoms with Crippen LogP contribution in [0, 0.1) is 0 Å². The number of halogens is 1. The second-order valence-corrected chi connectivity index (χ2v) is 2.68. The van der Waals surface area contributed by atoms with Crippen LogP contribution >= 0.6 is 0 Å². The first kappa shape index (κ1) is 11.0. The van der Waals surface area contributed by atoms with Gasteiger partial charge in [0.25, 0.3) is 0 Å². The van der Waals surface area contributed by atoms with Gasteiger partial charge in [-0.3, -0.25) is 0 Å². The summed E-state index contributed by atoms with van der Waals surface area (Å²) in [5.41, 5.74) is 0. The van der Waals surface area contributed by atoms with Crippen LogP contribution in [0.25, 0.3) is 0 Å². The van der Waals surface area contributed by atoms with E-state index in [1.165, 1.54) is 12.1 Å². The monoisotopic (exact) mass is 188 g/mol. The number of hydrogen-bond donors (Lipinski definition) is 0. The van der Waals surface area contributed by atoms with E-state index in [4.69, 9.17) is 0 Å². The molecule has 0 amide bonds. The van der Waals surface area contributed by atoms with Crippen molar-refractivity contribution in [3.05, 3.63) is 43.5 Å². The van der Waals surface area contributed by atoms with Crippen molar-refractivity contribution in [2.24, 2.45) is 0 Å². The predicted octanol–water partition coefficient (Wildman–Crippen LogP) is 2.41. The summed E-state index contributed by atoms with van der Waals surface area (Å²) in [7, 11) is 0. The third kappa shape index (κ3) is 3.41. The molecule has 0 saturated carbocycles. The molecule has 0 aliphatic heterocycles. The first-order valence-electron chi connectivity index (χ1n) is 3.10. The van der Waals surface area contributed by atoms with Crippen molar-refractivity contribution in [2.75, 3.05) is 0 Å². The highest BCUT2D eigenvalue weighted by molar-refractivity contribution is 7.80. The Morgan fingerprint density at radius 2 is 1.75 bits per heavy atom. The third-order valence-corrected chi connectivity index (χ3v) is 1.76. The summed E-state index contributed by atoms with van der Waals surface area (Å²) >= 11 is -1.96. The fourth-order valence-electron chi connectivity index (χ4n) is 0.568. The lowest BCUT2D eigenvalue weighted by atomic mass is 10.4. The number of rotatable bonds is 2. The summed E-state index contributed by atoms with van der Waals surface area (Å²) in [5.74, 6) is 0. The molecule has 1 atom stereocenters. The van der Waals surface area contributed by atoms with Gasteiger partial charge in [0, 0.05) is 0 Å². The fraction of sp³-hybridized carbons (Fsp3) is 0. The van der Waals surface area contributed by atoms with E-state index in [-0.39, 0.29) is 0 Å². The molecule has 12 heavy (non-hydrogen) atoms. The average molecular weight is 188 g/mol. The minimum Gasteiger partial charge on any atom is -0.221 e. The SMILES string of the molecule is C=C.O=S(OF)c1ccccc1. The normalized spacial score (nSPS) is 11.1. The van der Waals surface area contributed by atoms with E-state index in [1.54, 1.807) is 18.2 Å². The molecule has 0 bridgehead atoms. The first-order chi connectivity index (χ1) is 5.84. The number of hydrogen-bond acceptors (Lipinski definition) is 2. The molecule has 1 unspecified atom stereocenters. The smallest absolute Gasteiger partial charge is 0.221 e. The van der Waals surface area contributed by atoms with Crippen LogP contribution in [0.5, 0.6) is 0 Å². The molecule has 1 rings (SSSR count). The molecule has 2 nitrogen and oxygen atoms in total. The second-order valence-electron chi connectivity index (χ2n) is 1.61. The molecule has 0 N–H and O–H groups in total. The minimum absolute atomic E-state index is 0.324. The van der Waals surface area contributed by atoms with Crippen molar-refractivity contribution in [3.8, 4) is 0 Å². The minimum atomic E-state index is -1.96. The van der Waals surface area contributed by atoms with Gasteiger partial charge < -0.3 is 0 Å². The van der Waals surface area contributed by atoms with Crippen LogP contribution in [0.4, 0.5) is 4.53 Å². The zero-order valence-electron chi connectivity index (χ0n) is 6.40. The summed E-state index contributed by atoms with van der Waals surface area (Å²) < 4.78 is 24.9. The van der Waals surface area contributed by atoms with Gasteiger partial charge >= 0.3 is 0 Å². The molecular weight excluding hydrogens is 179 g/mol. The van der Waals surface area contributed by atoms with Crippen LogP contribution in [-0.2, 0) is 15.5 Å². The van der Waals surface area contributed by atoms with Gasteiger partial charge in [0.2, 0.25) is 11.1 Å². The Bertz CT molecular complexity index is 238. The molecule has 0 aliphatic rings. The van der Waals surface area contributed by atoms with E-state index in [9.17, 15) is 8.74 Å². The van der Waals surface area contributed by atoms with Crippen molar-refractivity contribution in [1.82, 2.24) is 0 Å². The zero-order chi connectivity index (χ0) is 9.40. The maximum Gasteiger partial charge on any atom is 0.225 e. The summed E-state index contributed by atoms with van der Waals surface area (Å²) in [6.45, 7) is 6.00. The Kier molecular flexibility index (Phi) is 6.14. The summed E-state index contributed by atoms with van der Waals surface area (Å²) in [4.78, 5) is 0.324. The molecule has 0 aromatic heterocycles. The van der Waals surface area contributed by atoms with Crippen molar-refractivity contribution >= 4 is 11.1 Å².